The van der Waals surface area contributed by atoms with Crippen molar-refractivity contribution < 1.29 is 9.84 Å². The van der Waals surface area contributed by atoms with Crippen LogP contribution >= 0.6 is 15.9 Å². The van der Waals surface area contributed by atoms with Crippen LogP contribution in [0, 0.1) is 0 Å². The Kier molecular flexibility index (Phi) is 2.79. The van der Waals surface area contributed by atoms with Gasteiger partial charge >= 0.3 is 0 Å². The van der Waals surface area contributed by atoms with Crippen molar-refractivity contribution in [2.75, 3.05) is 7.11 Å². The Balaban J connectivity index is 2.60. The molecule has 0 bridgehead atoms. The van der Waals surface area contributed by atoms with Crippen LogP contribution < -0.4 is 4.74 Å². The topological polar surface area (TPSA) is 29.5 Å². The van der Waals surface area contributed by atoms with E-state index in [1.54, 1.807) is 7.11 Å². The number of methoxy groups -OCH3 is 1. The van der Waals surface area contributed by atoms with Crippen molar-refractivity contribution in [1.82, 2.24) is 0 Å². The molecule has 0 aliphatic heterocycles. The second-order valence-corrected chi connectivity index (χ2v) is 4.33. The average Bonchev–Trinajstić information content (AvgIpc) is 2.65. The predicted molar refractivity (Wildman–Crippen MR) is 58.6 cm³/mol. The van der Waals surface area contributed by atoms with Gasteiger partial charge in [-0.05, 0) is 52.4 Å². The van der Waals surface area contributed by atoms with Gasteiger partial charge in [-0.3, -0.25) is 0 Å². The van der Waals surface area contributed by atoms with Gasteiger partial charge < -0.3 is 9.84 Å². The molecule has 1 N–H and O–H groups in total. The van der Waals surface area contributed by atoms with Crippen LogP contribution in [-0.4, -0.2) is 12.2 Å². The van der Waals surface area contributed by atoms with Crippen molar-refractivity contribution in [3.05, 3.63) is 27.2 Å². The molecule has 1 aliphatic rings. The van der Waals surface area contributed by atoms with Gasteiger partial charge in [0.05, 0.1) is 18.2 Å². The van der Waals surface area contributed by atoms with Crippen LogP contribution in [0.5, 0.6) is 5.75 Å². The summed E-state index contributed by atoms with van der Waals surface area (Å²) in [5.41, 5.74) is 3.57. The minimum absolute atomic E-state index is 0.0368. The van der Waals surface area contributed by atoms with Crippen LogP contribution in [0.4, 0.5) is 0 Å². The summed E-state index contributed by atoms with van der Waals surface area (Å²) >= 11 is 3.55. The van der Waals surface area contributed by atoms with Crippen molar-refractivity contribution in [3.8, 4) is 5.75 Å². The van der Waals surface area contributed by atoms with Gasteiger partial charge in [0, 0.05) is 5.56 Å². The first-order chi connectivity index (χ1) is 6.77. The summed E-state index contributed by atoms with van der Waals surface area (Å²) in [5.74, 6) is 0.785. The summed E-state index contributed by atoms with van der Waals surface area (Å²) in [6.45, 7) is 0.0368. The lowest BCUT2D eigenvalue weighted by atomic mass is 10.1. The Bertz CT molecular complexity index is 361. The van der Waals surface area contributed by atoms with Crippen LogP contribution in [0.1, 0.15) is 23.1 Å². The Morgan fingerprint density at radius 3 is 2.93 bits per heavy atom. The molecule has 3 heteroatoms. The van der Waals surface area contributed by atoms with Gasteiger partial charge in [-0.2, -0.15) is 0 Å². The van der Waals surface area contributed by atoms with E-state index in [9.17, 15) is 5.11 Å². The summed E-state index contributed by atoms with van der Waals surface area (Å²) in [7, 11) is 1.64. The van der Waals surface area contributed by atoms with Gasteiger partial charge in [0.15, 0.2) is 0 Å². The highest BCUT2D eigenvalue weighted by Gasteiger charge is 2.19. The standard InChI is InChI=1S/C11H13BrO2/c1-14-11-8(6-13)5-7-3-2-4-9(7)10(11)12/h5,13H,2-4,6H2,1H3. The molecule has 1 aromatic carbocycles. The van der Waals surface area contributed by atoms with Gasteiger partial charge in [0.25, 0.3) is 0 Å². The lowest BCUT2D eigenvalue weighted by Crippen LogP contribution is -1.97. The molecule has 2 nitrogen and oxygen atoms in total. The Labute approximate surface area is 92.0 Å². The molecule has 0 spiro atoms. The quantitative estimate of drug-likeness (QED) is 0.881. The number of fused-ring (bicyclic) bond motifs is 1. The maximum Gasteiger partial charge on any atom is 0.138 e. The second-order valence-electron chi connectivity index (χ2n) is 3.53. The normalized spacial score (nSPS) is 14.2. The van der Waals surface area contributed by atoms with Crippen molar-refractivity contribution in [2.45, 2.75) is 25.9 Å². The summed E-state index contributed by atoms with van der Waals surface area (Å²) in [6.07, 6.45) is 3.43. The van der Waals surface area contributed by atoms with Crippen molar-refractivity contribution >= 4 is 15.9 Å². The molecule has 2 rings (SSSR count). The molecule has 1 aromatic rings. The maximum absolute atomic E-state index is 9.20. The fraction of sp³-hybridized carbons (Fsp3) is 0.455. The van der Waals surface area contributed by atoms with E-state index in [1.165, 1.54) is 17.5 Å². The van der Waals surface area contributed by atoms with Crippen LogP contribution in [-0.2, 0) is 19.4 Å². The molecule has 0 heterocycles. The third-order valence-electron chi connectivity index (χ3n) is 2.74. The number of halogens is 1. The Morgan fingerprint density at radius 1 is 1.50 bits per heavy atom. The van der Waals surface area contributed by atoms with Crippen LogP contribution in [0.2, 0.25) is 0 Å². The number of hydrogen-bond acceptors (Lipinski definition) is 2. The number of rotatable bonds is 2. The summed E-state index contributed by atoms with van der Waals surface area (Å²) in [5, 5.41) is 9.20. The number of benzene rings is 1. The summed E-state index contributed by atoms with van der Waals surface area (Å²) < 4.78 is 6.31. The molecule has 0 radical (unpaired) electrons. The number of hydrogen-bond donors (Lipinski definition) is 1. The van der Waals surface area contributed by atoms with E-state index in [2.05, 4.69) is 22.0 Å². The Hall–Kier alpha value is -0.540. The van der Waals surface area contributed by atoms with Gasteiger partial charge in [-0.15, -0.1) is 0 Å². The number of aryl methyl sites for hydroxylation is 1. The molecule has 0 fully saturated rings. The fourth-order valence-electron chi connectivity index (χ4n) is 2.07. The van der Waals surface area contributed by atoms with Crippen LogP contribution in [0.15, 0.2) is 10.5 Å². The molecule has 0 saturated carbocycles. The zero-order valence-corrected chi connectivity index (χ0v) is 9.73. The third kappa shape index (κ3) is 1.44. The third-order valence-corrected chi connectivity index (χ3v) is 3.58. The minimum atomic E-state index is 0.0368. The highest BCUT2D eigenvalue weighted by Crippen LogP contribution is 2.38. The summed E-state index contributed by atoms with van der Waals surface area (Å²) in [4.78, 5) is 0. The van der Waals surface area contributed by atoms with Gasteiger partial charge in [0.2, 0.25) is 0 Å². The lowest BCUT2D eigenvalue weighted by molar-refractivity contribution is 0.273. The average molecular weight is 257 g/mol. The molecule has 0 atom stereocenters. The van der Waals surface area contributed by atoms with Gasteiger partial charge in [0.1, 0.15) is 5.75 Å². The van der Waals surface area contributed by atoms with E-state index in [-0.39, 0.29) is 6.61 Å². The van der Waals surface area contributed by atoms with Crippen LogP contribution in [0.25, 0.3) is 0 Å². The first-order valence-corrected chi connectivity index (χ1v) is 5.55. The molecule has 76 valence electrons. The SMILES string of the molecule is COc1c(CO)cc2c(c1Br)CCC2. The van der Waals surface area contributed by atoms with E-state index >= 15 is 0 Å². The second kappa shape index (κ2) is 3.91. The monoisotopic (exact) mass is 256 g/mol. The smallest absolute Gasteiger partial charge is 0.138 e. The molecular formula is C11H13BrO2. The minimum Gasteiger partial charge on any atom is -0.495 e. The van der Waals surface area contributed by atoms with Crippen molar-refractivity contribution in [1.29, 1.82) is 0 Å². The molecule has 0 saturated heterocycles. The maximum atomic E-state index is 9.20. The van der Waals surface area contributed by atoms with E-state index in [0.717, 1.165) is 28.6 Å². The zero-order valence-electron chi connectivity index (χ0n) is 8.14. The molecule has 0 amide bonds. The first kappa shape index (κ1) is 9.99. The van der Waals surface area contributed by atoms with Gasteiger partial charge in [-0.1, -0.05) is 0 Å². The molecule has 0 aromatic heterocycles. The first-order valence-electron chi connectivity index (χ1n) is 4.76. The number of aliphatic hydroxyl groups is 1. The van der Waals surface area contributed by atoms with Gasteiger partial charge in [-0.25, -0.2) is 0 Å². The van der Waals surface area contributed by atoms with Crippen LogP contribution in [0.3, 0.4) is 0 Å². The lowest BCUT2D eigenvalue weighted by Gasteiger charge is -2.12. The van der Waals surface area contributed by atoms with E-state index in [0.29, 0.717) is 0 Å². The molecule has 0 unspecified atom stereocenters. The molecule has 14 heavy (non-hydrogen) atoms. The predicted octanol–water partition coefficient (Wildman–Crippen LogP) is 2.44. The molecule has 1 aliphatic carbocycles. The largest absolute Gasteiger partial charge is 0.495 e. The Morgan fingerprint density at radius 2 is 2.29 bits per heavy atom. The fourth-order valence-corrected chi connectivity index (χ4v) is 2.94. The van der Waals surface area contributed by atoms with E-state index in [1.807, 2.05) is 0 Å². The van der Waals surface area contributed by atoms with Crippen molar-refractivity contribution in [3.63, 3.8) is 0 Å². The van der Waals surface area contributed by atoms with Crippen molar-refractivity contribution in [2.24, 2.45) is 0 Å². The number of ether oxygens (including phenoxy) is 1. The summed E-state index contributed by atoms with van der Waals surface area (Å²) in [6, 6.07) is 2.06. The highest BCUT2D eigenvalue weighted by molar-refractivity contribution is 9.10. The van der Waals surface area contributed by atoms with E-state index in [4.69, 9.17) is 4.74 Å². The highest BCUT2D eigenvalue weighted by atomic mass is 79.9. The molecular weight excluding hydrogens is 244 g/mol. The number of aliphatic hydroxyl groups excluding tert-OH is 1. The zero-order chi connectivity index (χ0) is 10.1. The van der Waals surface area contributed by atoms with E-state index < -0.39 is 0 Å².